The van der Waals surface area contributed by atoms with E-state index in [1.165, 1.54) is 0 Å². The Balaban J connectivity index is 2.12. The zero-order chi connectivity index (χ0) is 12.8. The number of ether oxygens (including phenoxy) is 1. The van der Waals surface area contributed by atoms with Crippen molar-refractivity contribution in [2.45, 2.75) is 12.5 Å². The van der Waals surface area contributed by atoms with E-state index in [1.807, 2.05) is 42.5 Å². The van der Waals surface area contributed by atoms with Gasteiger partial charge in [-0.15, -0.1) is 0 Å². The molecule has 4 nitrogen and oxygen atoms in total. The van der Waals surface area contributed by atoms with E-state index in [0.29, 0.717) is 0 Å². The maximum atomic E-state index is 5.61. The maximum absolute atomic E-state index is 5.61. The lowest BCUT2D eigenvalue weighted by atomic mass is 10.0. The predicted octanol–water partition coefficient (Wildman–Crippen LogP) is 1.84. The quantitative estimate of drug-likeness (QED) is 0.621. The molecule has 1 aromatic heterocycles. The van der Waals surface area contributed by atoms with Gasteiger partial charge in [0.2, 0.25) is 0 Å². The molecule has 0 saturated carbocycles. The molecule has 2 rings (SSSR count). The Hall–Kier alpha value is -1.91. The van der Waals surface area contributed by atoms with Gasteiger partial charge in [-0.3, -0.25) is 16.3 Å². The van der Waals surface area contributed by atoms with Crippen LogP contribution in [0.5, 0.6) is 5.75 Å². The first-order valence-corrected chi connectivity index (χ1v) is 5.83. The van der Waals surface area contributed by atoms with Crippen molar-refractivity contribution in [3.8, 4) is 5.75 Å². The minimum atomic E-state index is 0.0470. The minimum Gasteiger partial charge on any atom is -0.497 e. The van der Waals surface area contributed by atoms with Crippen LogP contribution in [-0.2, 0) is 6.42 Å². The van der Waals surface area contributed by atoms with Crippen molar-refractivity contribution in [3.63, 3.8) is 0 Å². The van der Waals surface area contributed by atoms with Crippen molar-refractivity contribution in [3.05, 3.63) is 59.9 Å². The molecule has 94 valence electrons. The fraction of sp³-hybridized carbons (Fsp3) is 0.214. The summed E-state index contributed by atoms with van der Waals surface area (Å²) in [5.74, 6) is 6.45. The molecule has 0 aliphatic carbocycles. The van der Waals surface area contributed by atoms with Crippen LogP contribution in [0.1, 0.15) is 17.3 Å². The predicted molar refractivity (Wildman–Crippen MR) is 71.0 cm³/mol. The number of nitrogens with one attached hydrogen (secondary N) is 1. The number of hydrazine groups is 1. The Bertz CT molecular complexity index is 470. The molecule has 0 saturated heterocycles. The number of methoxy groups -OCH3 is 1. The summed E-state index contributed by atoms with van der Waals surface area (Å²) in [4.78, 5) is 4.31. The molecular weight excluding hydrogens is 226 g/mol. The topological polar surface area (TPSA) is 60.2 Å². The lowest BCUT2D eigenvalue weighted by Crippen LogP contribution is -2.29. The van der Waals surface area contributed by atoms with E-state index in [4.69, 9.17) is 10.6 Å². The minimum absolute atomic E-state index is 0.0470. The van der Waals surface area contributed by atoms with Crippen LogP contribution < -0.4 is 16.0 Å². The molecule has 0 spiro atoms. The van der Waals surface area contributed by atoms with E-state index in [-0.39, 0.29) is 6.04 Å². The fourth-order valence-electron chi connectivity index (χ4n) is 1.84. The molecule has 1 unspecified atom stereocenters. The average molecular weight is 243 g/mol. The van der Waals surface area contributed by atoms with Gasteiger partial charge < -0.3 is 4.74 Å². The lowest BCUT2D eigenvalue weighted by molar-refractivity contribution is 0.414. The van der Waals surface area contributed by atoms with Crippen LogP contribution in [0.2, 0.25) is 0 Å². The van der Waals surface area contributed by atoms with Crippen LogP contribution in [0, 0.1) is 0 Å². The number of nitrogens with zero attached hydrogens (tertiary/aromatic N) is 1. The van der Waals surface area contributed by atoms with Crippen LogP contribution in [0.3, 0.4) is 0 Å². The van der Waals surface area contributed by atoms with Gasteiger partial charge in [-0.1, -0.05) is 18.2 Å². The van der Waals surface area contributed by atoms with Gasteiger partial charge in [0.1, 0.15) is 5.75 Å². The third kappa shape index (κ3) is 3.06. The molecule has 0 bridgehead atoms. The van der Waals surface area contributed by atoms with Gasteiger partial charge in [-0.2, -0.15) is 0 Å². The molecule has 0 amide bonds. The summed E-state index contributed by atoms with van der Waals surface area (Å²) in [5.41, 5.74) is 4.95. The van der Waals surface area contributed by atoms with Crippen LogP contribution in [-0.4, -0.2) is 12.1 Å². The highest BCUT2D eigenvalue weighted by Gasteiger charge is 2.11. The third-order valence-corrected chi connectivity index (χ3v) is 2.86. The number of rotatable bonds is 5. The van der Waals surface area contributed by atoms with Gasteiger partial charge >= 0.3 is 0 Å². The lowest BCUT2D eigenvalue weighted by Gasteiger charge is -2.16. The van der Waals surface area contributed by atoms with Gasteiger partial charge in [0.15, 0.2) is 0 Å². The fourth-order valence-corrected chi connectivity index (χ4v) is 1.84. The molecule has 3 N–H and O–H groups in total. The second-order valence-corrected chi connectivity index (χ2v) is 4.02. The Morgan fingerprint density at radius 1 is 1.22 bits per heavy atom. The first kappa shape index (κ1) is 12.5. The number of hydrogen-bond donors (Lipinski definition) is 2. The number of hydrogen-bond acceptors (Lipinski definition) is 4. The maximum Gasteiger partial charge on any atom is 0.118 e. The zero-order valence-corrected chi connectivity index (χ0v) is 10.3. The van der Waals surface area contributed by atoms with Gasteiger partial charge in [-0.05, 0) is 29.8 Å². The van der Waals surface area contributed by atoms with E-state index in [9.17, 15) is 0 Å². The summed E-state index contributed by atoms with van der Waals surface area (Å²) in [6.07, 6.45) is 2.54. The number of aromatic nitrogens is 1. The largest absolute Gasteiger partial charge is 0.497 e. The molecule has 2 aromatic rings. The van der Waals surface area contributed by atoms with Crippen molar-refractivity contribution < 1.29 is 4.74 Å². The summed E-state index contributed by atoms with van der Waals surface area (Å²) >= 11 is 0. The van der Waals surface area contributed by atoms with E-state index in [1.54, 1.807) is 13.3 Å². The Kier molecular flexibility index (Phi) is 4.28. The summed E-state index contributed by atoms with van der Waals surface area (Å²) in [5, 5.41) is 0. The number of benzene rings is 1. The van der Waals surface area contributed by atoms with Crippen molar-refractivity contribution in [2.75, 3.05) is 7.11 Å². The first-order valence-electron chi connectivity index (χ1n) is 5.83. The van der Waals surface area contributed by atoms with Gasteiger partial charge in [0, 0.05) is 18.3 Å². The molecular formula is C14H17N3O. The van der Waals surface area contributed by atoms with Crippen molar-refractivity contribution in [2.24, 2.45) is 5.84 Å². The van der Waals surface area contributed by atoms with Crippen LogP contribution >= 0.6 is 0 Å². The van der Waals surface area contributed by atoms with E-state index >= 15 is 0 Å². The Morgan fingerprint density at radius 3 is 2.56 bits per heavy atom. The third-order valence-electron chi connectivity index (χ3n) is 2.86. The van der Waals surface area contributed by atoms with E-state index in [2.05, 4.69) is 10.4 Å². The van der Waals surface area contributed by atoms with Crippen molar-refractivity contribution >= 4 is 0 Å². The SMILES string of the molecule is COc1ccc(C(Cc2ccccn2)NN)cc1. The standard InChI is InChI=1S/C14H17N3O/c1-18-13-7-5-11(6-8-13)14(17-15)10-12-4-2-3-9-16-12/h2-9,14,17H,10,15H2,1H3. The molecule has 0 aliphatic heterocycles. The zero-order valence-electron chi connectivity index (χ0n) is 10.3. The molecule has 1 heterocycles. The van der Waals surface area contributed by atoms with E-state index in [0.717, 1.165) is 23.4 Å². The average Bonchev–Trinajstić information content (AvgIpc) is 2.46. The second kappa shape index (κ2) is 6.14. The summed E-state index contributed by atoms with van der Waals surface area (Å²) in [7, 11) is 1.65. The smallest absolute Gasteiger partial charge is 0.118 e. The van der Waals surface area contributed by atoms with E-state index < -0.39 is 0 Å². The normalized spacial score (nSPS) is 12.1. The highest BCUT2D eigenvalue weighted by molar-refractivity contribution is 5.29. The first-order chi connectivity index (χ1) is 8.83. The molecule has 1 aromatic carbocycles. The van der Waals surface area contributed by atoms with Gasteiger partial charge in [0.05, 0.1) is 13.2 Å². The Labute approximate surface area is 107 Å². The van der Waals surface area contributed by atoms with Crippen LogP contribution in [0.4, 0.5) is 0 Å². The van der Waals surface area contributed by atoms with Crippen LogP contribution in [0.25, 0.3) is 0 Å². The number of pyridine rings is 1. The molecule has 0 fully saturated rings. The molecule has 0 radical (unpaired) electrons. The summed E-state index contributed by atoms with van der Waals surface area (Å²) in [6, 6.07) is 13.8. The van der Waals surface area contributed by atoms with Crippen LogP contribution in [0.15, 0.2) is 48.7 Å². The monoisotopic (exact) mass is 243 g/mol. The number of nitrogens with two attached hydrogens (primary N) is 1. The molecule has 18 heavy (non-hydrogen) atoms. The highest BCUT2D eigenvalue weighted by Crippen LogP contribution is 2.19. The van der Waals surface area contributed by atoms with Crippen molar-refractivity contribution in [1.29, 1.82) is 0 Å². The van der Waals surface area contributed by atoms with Crippen molar-refractivity contribution in [1.82, 2.24) is 10.4 Å². The second-order valence-electron chi connectivity index (χ2n) is 4.02. The summed E-state index contributed by atoms with van der Waals surface area (Å²) in [6.45, 7) is 0. The molecule has 4 heteroatoms. The molecule has 1 atom stereocenters. The Morgan fingerprint density at radius 2 is 2.00 bits per heavy atom. The van der Waals surface area contributed by atoms with Gasteiger partial charge in [0.25, 0.3) is 0 Å². The summed E-state index contributed by atoms with van der Waals surface area (Å²) < 4.78 is 5.14. The molecule has 0 aliphatic rings. The van der Waals surface area contributed by atoms with Gasteiger partial charge in [-0.25, -0.2) is 0 Å². The highest BCUT2D eigenvalue weighted by atomic mass is 16.5.